The van der Waals surface area contributed by atoms with Gasteiger partial charge in [0.15, 0.2) is 5.65 Å². The Morgan fingerprint density at radius 1 is 1.16 bits per heavy atom. The summed E-state index contributed by atoms with van der Waals surface area (Å²) in [4.78, 5) is 11.6. The van der Waals surface area contributed by atoms with E-state index in [1.807, 2.05) is 12.3 Å². The van der Waals surface area contributed by atoms with Gasteiger partial charge in [0.2, 0.25) is 5.95 Å². The first-order valence-corrected chi connectivity index (χ1v) is 7.48. The SMILES string of the molecule is c1cnc2nc(N3CCC3)n(CC3CCCC3)c2c1. The zero-order chi connectivity index (χ0) is 12.7. The van der Waals surface area contributed by atoms with Crippen molar-refractivity contribution in [2.45, 2.75) is 38.6 Å². The summed E-state index contributed by atoms with van der Waals surface area (Å²) in [5.74, 6) is 1.98. The third-order valence-electron chi connectivity index (χ3n) is 4.56. The Bertz CT molecular complexity index is 579. The van der Waals surface area contributed by atoms with Gasteiger partial charge in [0.1, 0.15) is 0 Å². The summed E-state index contributed by atoms with van der Waals surface area (Å²) >= 11 is 0. The second-order valence-electron chi connectivity index (χ2n) is 5.86. The summed E-state index contributed by atoms with van der Waals surface area (Å²) < 4.78 is 2.41. The van der Waals surface area contributed by atoms with E-state index in [1.165, 1.54) is 37.6 Å². The van der Waals surface area contributed by atoms with E-state index >= 15 is 0 Å². The molecule has 0 aromatic carbocycles. The van der Waals surface area contributed by atoms with Crippen LogP contribution in [0.4, 0.5) is 5.95 Å². The topological polar surface area (TPSA) is 34.0 Å². The van der Waals surface area contributed by atoms with E-state index in [1.54, 1.807) is 0 Å². The van der Waals surface area contributed by atoms with E-state index in [-0.39, 0.29) is 0 Å². The van der Waals surface area contributed by atoms with Gasteiger partial charge in [-0.2, -0.15) is 4.98 Å². The Labute approximate surface area is 113 Å². The molecular weight excluding hydrogens is 236 g/mol. The third-order valence-corrected chi connectivity index (χ3v) is 4.56. The number of imidazole rings is 1. The largest absolute Gasteiger partial charge is 0.342 e. The average Bonchev–Trinajstić information content (AvgIpc) is 2.97. The second kappa shape index (κ2) is 4.51. The van der Waals surface area contributed by atoms with Crippen molar-refractivity contribution in [1.82, 2.24) is 14.5 Å². The molecule has 1 aliphatic heterocycles. The van der Waals surface area contributed by atoms with E-state index in [0.29, 0.717) is 0 Å². The van der Waals surface area contributed by atoms with Gasteiger partial charge >= 0.3 is 0 Å². The van der Waals surface area contributed by atoms with E-state index in [2.05, 4.69) is 20.5 Å². The van der Waals surface area contributed by atoms with Gasteiger partial charge < -0.3 is 9.47 Å². The molecule has 0 bridgehead atoms. The predicted octanol–water partition coefficient (Wildman–Crippen LogP) is 2.83. The molecule has 1 saturated heterocycles. The smallest absolute Gasteiger partial charge is 0.208 e. The van der Waals surface area contributed by atoms with Gasteiger partial charge in [-0.15, -0.1) is 0 Å². The minimum atomic E-state index is 0.831. The lowest BCUT2D eigenvalue weighted by atomic mass is 10.1. The van der Waals surface area contributed by atoms with E-state index in [0.717, 1.165) is 37.1 Å². The molecule has 2 aromatic rings. The first kappa shape index (κ1) is 11.3. The summed E-state index contributed by atoms with van der Waals surface area (Å²) in [5, 5.41) is 0. The molecule has 0 amide bonds. The molecule has 2 aromatic heterocycles. The molecule has 0 unspecified atom stereocenters. The lowest BCUT2D eigenvalue weighted by Gasteiger charge is -2.32. The van der Waals surface area contributed by atoms with Crippen LogP contribution in [0.1, 0.15) is 32.1 Å². The van der Waals surface area contributed by atoms with Gasteiger partial charge in [0.25, 0.3) is 0 Å². The minimum absolute atomic E-state index is 0.831. The molecule has 4 heteroatoms. The molecule has 19 heavy (non-hydrogen) atoms. The highest BCUT2D eigenvalue weighted by molar-refractivity contribution is 5.74. The molecule has 3 heterocycles. The Hall–Kier alpha value is -1.58. The number of hydrogen-bond acceptors (Lipinski definition) is 3. The fourth-order valence-corrected chi connectivity index (χ4v) is 3.34. The van der Waals surface area contributed by atoms with Crippen molar-refractivity contribution in [3.8, 4) is 0 Å². The van der Waals surface area contributed by atoms with Crippen LogP contribution in [0, 0.1) is 5.92 Å². The molecule has 0 N–H and O–H groups in total. The lowest BCUT2D eigenvalue weighted by Crippen LogP contribution is -2.39. The number of nitrogens with zero attached hydrogens (tertiary/aromatic N) is 4. The van der Waals surface area contributed by atoms with Crippen LogP contribution in [0.15, 0.2) is 18.3 Å². The van der Waals surface area contributed by atoms with Crippen molar-refractivity contribution >= 4 is 17.1 Å². The Morgan fingerprint density at radius 3 is 2.74 bits per heavy atom. The maximum absolute atomic E-state index is 4.75. The van der Waals surface area contributed by atoms with Gasteiger partial charge in [-0.05, 0) is 37.3 Å². The molecule has 0 atom stereocenters. The van der Waals surface area contributed by atoms with Crippen molar-refractivity contribution < 1.29 is 0 Å². The average molecular weight is 256 g/mol. The molecule has 1 saturated carbocycles. The van der Waals surface area contributed by atoms with Crippen LogP contribution in [0.3, 0.4) is 0 Å². The summed E-state index contributed by atoms with van der Waals surface area (Å²) in [6.45, 7) is 3.41. The monoisotopic (exact) mass is 256 g/mol. The minimum Gasteiger partial charge on any atom is -0.342 e. The van der Waals surface area contributed by atoms with Crippen LogP contribution in [0.2, 0.25) is 0 Å². The third kappa shape index (κ3) is 1.90. The number of pyridine rings is 1. The number of anilines is 1. The molecule has 2 aliphatic rings. The fraction of sp³-hybridized carbons (Fsp3) is 0.600. The van der Waals surface area contributed by atoms with Crippen molar-refractivity contribution in [3.05, 3.63) is 18.3 Å². The number of aromatic nitrogens is 3. The number of rotatable bonds is 3. The van der Waals surface area contributed by atoms with Crippen LogP contribution in [-0.2, 0) is 6.54 Å². The van der Waals surface area contributed by atoms with E-state index in [9.17, 15) is 0 Å². The van der Waals surface area contributed by atoms with Crippen molar-refractivity contribution in [2.75, 3.05) is 18.0 Å². The number of fused-ring (bicyclic) bond motifs is 1. The molecule has 0 radical (unpaired) electrons. The highest BCUT2D eigenvalue weighted by Gasteiger charge is 2.24. The zero-order valence-corrected chi connectivity index (χ0v) is 11.3. The van der Waals surface area contributed by atoms with Crippen molar-refractivity contribution in [3.63, 3.8) is 0 Å². The lowest BCUT2D eigenvalue weighted by molar-refractivity contribution is 0.456. The van der Waals surface area contributed by atoms with E-state index < -0.39 is 0 Å². The quantitative estimate of drug-likeness (QED) is 0.846. The second-order valence-corrected chi connectivity index (χ2v) is 5.86. The maximum Gasteiger partial charge on any atom is 0.208 e. The van der Waals surface area contributed by atoms with E-state index in [4.69, 9.17) is 4.98 Å². The van der Waals surface area contributed by atoms with Gasteiger partial charge in [-0.1, -0.05) is 12.8 Å². The van der Waals surface area contributed by atoms with Crippen molar-refractivity contribution in [2.24, 2.45) is 5.92 Å². The summed E-state index contributed by atoms with van der Waals surface area (Å²) in [5.41, 5.74) is 2.11. The maximum atomic E-state index is 4.75. The summed E-state index contributed by atoms with van der Waals surface area (Å²) in [6.07, 6.45) is 8.68. The standard InChI is InChI=1S/C15H20N4/c1-2-6-12(5-1)11-19-13-7-3-8-16-14(13)17-15(19)18-9-4-10-18/h3,7-8,12H,1-2,4-6,9-11H2. The van der Waals surface area contributed by atoms with Crippen LogP contribution < -0.4 is 4.90 Å². The molecule has 2 fully saturated rings. The summed E-state index contributed by atoms with van der Waals surface area (Å²) in [6, 6.07) is 4.18. The first-order chi connectivity index (χ1) is 9.42. The van der Waals surface area contributed by atoms with Crippen LogP contribution in [-0.4, -0.2) is 27.6 Å². The highest BCUT2D eigenvalue weighted by Crippen LogP contribution is 2.31. The van der Waals surface area contributed by atoms with Crippen LogP contribution >= 0.6 is 0 Å². The fourth-order valence-electron chi connectivity index (χ4n) is 3.34. The molecule has 0 spiro atoms. The van der Waals surface area contributed by atoms with Crippen molar-refractivity contribution in [1.29, 1.82) is 0 Å². The van der Waals surface area contributed by atoms with Gasteiger partial charge in [0, 0.05) is 25.8 Å². The Morgan fingerprint density at radius 2 is 2.00 bits per heavy atom. The first-order valence-electron chi connectivity index (χ1n) is 7.48. The molecule has 4 rings (SSSR count). The Kier molecular flexibility index (Phi) is 2.67. The van der Waals surface area contributed by atoms with Gasteiger partial charge in [0.05, 0.1) is 5.52 Å². The number of hydrogen-bond donors (Lipinski definition) is 0. The summed E-state index contributed by atoms with van der Waals surface area (Å²) in [7, 11) is 0. The van der Waals surface area contributed by atoms with Crippen LogP contribution in [0.5, 0.6) is 0 Å². The van der Waals surface area contributed by atoms with Crippen LogP contribution in [0.25, 0.3) is 11.2 Å². The molecular formula is C15H20N4. The van der Waals surface area contributed by atoms with Gasteiger partial charge in [-0.25, -0.2) is 4.98 Å². The molecule has 100 valence electrons. The molecule has 4 nitrogen and oxygen atoms in total. The van der Waals surface area contributed by atoms with Gasteiger partial charge in [-0.3, -0.25) is 0 Å². The zero-order valence-electron chi connectivity index (χ0n) is 11.3. The molecule has 1 aliphatic carbocycles. The highest BCUT2D eigenvalue weighted by atomic mass is 15.3. The predicted molar refractivity (Wildman–Crippen MR) is 76.3 cm³/mol. The normalized spacial score (nSPS) is 20.1. The Balaban J connectivity index is 1.75.